The van der Waals surface area contributed by atoms with Crippen molar-refractivity contribution in [3.8, 4) is 66.8 Å². The van der Waals surface area contributed by atoms with Gasteiger partial charge in [0, 0.05) is 41.3 Å². The lowest BCUT2D eigenvalue weighted by atomic mass is 9.68. The highest BCUT2D eigenvalue weighted by Gasteiger charge is 2.44. The van der Waals surface area contributed by atoms with Crippen molar-refractivity contribution in [1.82, 2.24) is 19.9 Å². The van der Waals surface area contributed by atoms with Gasteiger partial charge in [0.25, 0.3) is 0 Å². The lowest BCUT2D eigenvalue weighted by molar-refractivity contribution is 0.353. The highest BCUT2D eigenvalue weighted by molar-refractivity contribution is 5.93. The quantitative estimate of drug-likeness (QED) is 0.193. The monoisotopic (exact) mass is 618 g/mol. The molecule has 0 radical (unpaired) electrons. The van der Waals surface area contributed by atoms with Crippen molar-refractivity contribution in [2.24, 2.45) is 0 Å². The van der Waals surface area contributed by atoms with Crippen molar-refractivity contribution in [3.05, 3.63) is 158 Å². The van der Waals surface area contributed by atoms with Crippen LogP contribution in [-0.2, 0) is 5.41 Å². The molecule has 2 heterocycles. The van der Waals surface area contributed by atoms with Crippen LogP contribution in [0, 0.1) is 0 Å². The number of aromatic nitrogens is 4. The van der Waals surface area contributed by atoms with Gasteiger partial charge in [-0.2, -0.15) is 0 Å². The molecule has 48 heavy (non-hydrogen) atoms. The molecule has 9 rings (SSSR count). The number of nitrogens with zero attached hydrogens (tertiary/aromatic N) is 4. The molecule has 230 valence electrons. The first kappa shape index (κ1) is 28.5. The van der Waals surface area contributed by atoms with Crippen LogP contribution in [0.1, 0.15) is 43.2 Å². The smallest absolute Gasteiger partial charge is 0.115 e. The van der Waals surface area contributed by atoms with Crippen molar-refractivity contribution in [2.45, 2.75) is 37.5 Å². The molecule has 0 amide bonds. The van der Waals surface area contributed by atoms with Gasteiger partial charge in [-0.25, -0.2) is 19.9 Å². The molecule has 0 N–H and O–H groups in total. The van der Waals surface area contributed by atoms with E-state index in [1.807, 2.05) is 24.8 Å². The highest BCUT2D eigenvalue weighted by atomic mass is 14.8. The number of rotatable bonds is 5. The van der Waals surface area contributed by atoms with E-state index in [0.29, 0.717) is 0 Å². The minimum absolute atomic E-state index is 0.158. The van der Waals surface area contributed by atoms with E-state index < -0.39 is 0 Å². The Labute approximate surface area is 281 Å². The Morgan fingerprint density at radius 1 is 0.375 bits per heavy atom. The van der Waals surface area contributed by atoms with E-state index in [4.69, 9.17) is 0 Å². The Morgan fingerprint density at radius 2 is 0.833 bits per heavy atom. The maximum Gasteiger partial charge on any atom is 0.115 e. The SMILES string of the molecule is c1ccc2c(c1)-c1c(-c3ccc(-c4cc(-c5ccc(-c6cncnc6)cc5)cc(-c5cncnc5)c4)cc3)cccc1C21CCCCC1. The van der Waals surface area contributed by atoms with Crippen LogP contribution >= 0.6 is 0 Å². The van der Waals surface area contributed by atoms with Crippen molar-refractivity contribution in [2.75, 3.05) is 0 Å². The van der Waals surface area contributed by atoms with Crippen LogP contribution in [0.3, 0.4) is 0 Å². The van der Waals surface area contributed by atoms with Crippen LogP contribution in [0.4, 0.5) is 0 Å². The lowest BCUT2D eigenvalue weighted by Gasteiger charge is -2.36. The van der Waals surface area contributed by atoms with Crippen LogP contribution < -0.4 is 0 Å². The molecular formula is C44H34N4. The van der Waals surface area contributed by atoms with Gasteiger partial charge >= 0.3 is 0 Å². The van der Waals surface area contributed by atoms with Gasteiger partial charge in [0.15, 0.2) is 0 Å². The van der Waals surface area contributed by atoms with E-state index in [1.54, 1.807) is 12.7 Å². The Morgan fingerprint density at radius 3 is 1.44 bits per heavy atom. The van der Waals surface area contributed by atoms with E-state index in [2.05, 4.69) is 129 Å². The fourth-order valence-electron chi connectivity index (χ4n) is 8.16. The molecule has 0 atom stereocenters. The van der Waals surface area contributed by atoms with Crippen LogP contribution in [-0.4, -0.2) is 19.9 Å². The molecule has 1 fully saturated rings. The van der Waals surface area contributed by atoms with E-state index in [9.17, 15) is 0 Å². The number of hydrogen-bond donors (Lipinski definition) is 0. The summed E-state index contributed by atoms with van der Waals surface area (Å²) in [5.41, 5.74) is 17.4. The van der Waals surface area contributed by atoms with E-state index >= 15 is 0 Å². The zero-order chi connectivity index (χ0) is 31.9. The molecular weight excluding hydrogens is 585 g/mol. The van der Waals surface area contributed by atoms with Crippen LogP contribution in [0.15, 0.2) is 147 Å². The number of benzene rings is 5. The molecule has 0 aliphatic heterocycles. The molecule has 2 aliphatic carbocycles. The second kappa shape index (κ2) is 11.8. The largest absolute Gasteiger partial charge is 0.244 e. The summed E-state index contributed by atoms with van der Waals surface area (Å²) in [7, 11) is 0. The van der Waals surface area contributed by atoms with E-state index in [-0.39, 0.29) is 5.41 Å². The Bertz CT molecular complexity index is 2240. The highest BCUT2D eigenvalue weighted by Crippen LogP contribution is 2.57. The summed E-state index contributed by atoms with van der Waals surface area (Å²) < 4.78 is 0. The third kappa shape index (κ3) is 4.84. The van der Waals surface area contributed by atoms with Gasteiger partial charge in [0.2, 0.25) is 0 Å². The van der Waals surface area contributed by atoms with E-state index in [0.717, 1.165) is 38.9 Å². The third-order valence-electron chi connectivity index (χ3n) is 10.5. The van der Waals surface area contributed by atoms with Gasteiger partial charge in [-0.05, 0) is 97.8 Å². The summed E-state index contributed by atoms with van der Waals surface area (Å²) in [6.45, 7) is 0. The molecule has 4 heteroatoms. The maximum atomic E-state index is 4.31. The molecule has 0 saturated heterocycles. The van der Waals surface area contributed by atoms with Gasteiger partial charge < -0.3 is 0 Å². The molecule has 0 bridgehead atoms. The molecule has 7 aromatic rings. The first-order valence-electron chi connectivity index (χ1n) is 16.9. The normalized spacial score (nSPS) is 14.4. The topological polar surface area (TPSA) is 51.6 Å². The van der Waals surface area contributed by atoms with Crippen molar-refractivity contribution in [1.29, 1.82) is 0 Å². The fraction of sp³-hybridized carbons (Fsp3) is 0.136. The fourth-order valence-corrected chi connectivity index (χ4v) is 8.16. The van der Waals surface area contributed by atoms with Crippen molar-refractivity contribution < 1.29 is 0 Å². The zero-order valence-electron chi connectivity index (χ0n) is 26.7. The molecule has 0 unspecified atom stereocenters. The summed E-state index contributed by atoms with van der Waals surface area (Å²) in [6.07, 6.45) is 17.0. The second-order valence-corrected chi connectivity index (χ2v) is 13.1. The molecule has 1 saturated carbocycles. The third-order valence-corrected chi connectivity index (χ3v) is 10.5. The van der Waals surface area contributed by atoms with Crippen molar-refractivity contribution >= 4 is 0 Å². The van der Waals surface area contributed by atoms with Gasteiger partial charge in [-0.1, -0.05) is 110 Å². The summed E-state index contributed by atoms with van der Waals surface area (Å²) >= 11 is 0. The zero-order valence-corrected chi connectivity index (χ0v) is 26.7. The average molecular weight is 619 g/mol. The van der Waals surface area contributed by atoms with Crippen LogP contribution in [0.25, 0.3) is 66.8 Å². The average Bonchev–Trinajstić information content (AvgIpc) is 3.44. The molecule has 4 nitrogen and oxygen atoms in total. The number of hydrogen-bond acceptors (Lipinski definition) is 4. The second-order valence-electron chi connectivity index (χ2n) is 13.1. The predicted molar refractivity (Wildman–Crippen MR) is 194 cm³/mol. The minimum atomic E-state index is 0.158. The summed E-state index contributed by atoms with van der Waals surface area (Å²) in [6, 6.07) is 40.7. The molecule has 2 aliphatic rings. The van der Waals surface area contributed by atoms with Gasteiger partial charge in [-0.15, -0.1) is 0 Å². The van der Waals surface area contributed by atoms with Gasteiger partial charge in [-0.3, -0.25) is 0 Å². The van der Waals surface area contributed by atoms with Crippen molar-refractivity contribution in [3.63, 3.8) is 0 Å². The Balaban J connectivity index is 1.11. The standard InChI is InChI=1S/C44H34N4/c1-4-19-44(20-5-1)41-9-3-2-7-40(41)43-39(8-6-10-42(43)44)33-17-15-31(16-18-33)35-21-34(22-36(23-35)38-26-47-29-48-27-38)30-11-13-32(14-12-30)37-24-45-28-46-25-37/h2-3,6-18,21-29H,1,4-5,19-20H2. The molecule has 5 aromatic carbocycles. The van der Waals surface area contributed by atoms with E-state index in [1.165, 1.54) is 71.0 Å². The lowest BCUT2D eigenvalue weighted by Crippen LogP contribution is -2.27. The van der Waals surface area contributed by atoms with Gasteiger partial charge in [0.05, 0.1) is 0 Å². The van der Waals surface area contributed by atoms with Crippen LogP contribution in [0.2, 0.25) is 0 Å². The summed E-state index contributed by atoms with van der Waals surface area (Å²) in [5, 5.41) is 0. The molecule has 1 spiro atoms. The predicted octanol–water partition coefficient (Wildman–Crippen LogP) is 10.8. The van der Waals surface area contributed by atoms with Crippen LogP contribution in [0.5, 0.6) is 0 Å². The molecule has 2 aromatic heterocycles. The summed E-state index contributed by atoms with van der Waals surface area (Å²) in [4.78, 5) is 17.0. The number of fused-ring (bicyclic) bond motifs is 5. The minimum Gasteiger partial charge on any atom is -0.244 e. The first-order chi connectivity index (χ1) is 23.8. The maximum absolute atomic E-state index is 4.31. The Hall–Kier alpha value is -5.74. The summed E-state index contributed by atoms with van der Waals surface area (Å²) in [5.74, 6) is 0. The first-order valence-corrected chi connectivity index (χ1v) is 16.9. The Kier molecular flexibility index (Phi) is 7.01. The van der Waals surface area contributed by atoms with Gasteiger partial charge in [0.1, 0.15) is 12.7 Å².